The minimum atomic E-state index is -0.880. The fraction of sp³-hybridized carbons (Fsp3) is 0.571. The molecule has 0 radical (unpaired) electrons. The molecule has 1 aromatic rings. The zero-order chi connectivity index (χ0) is 13.0. The molecule has 2 unspecified atom stereocenters. The van der Waals surface area contributed by atoms with Crippen molar-refractivity contribution in [2.24, 2.45) is 5.92 Å². The van der Waals surface area contributed by atoms with Crippen LogP contribution in [0.3, 0.4) is 0 Å². The third-order valence-electron chi connectivity index (χ3n) is 3.58. The number of carboxylic acids is 1. The highest BCUT2D eigenvalue weighted by molar-refractivity contribution is 7.99. The molecule has 0 aliphatic heterocycles. The molecule has 1 aliphatic carbocycles. The molecule has 1 N–H and O–H groups in total. The zero-order valence-electron chi connectivity index (χ0n) is 10.6. The maximum atomic E-state index is 10.9. The molecule has 1 aliphatic rings. The number of pyridine rings is 1. The van der Waals surface area contributed by atoms with Crippen LogP contribution < -0.4 is 0 Å². The van der Waals surface area contributed by atoms with Gasteiger partial charge >= 0.3 is 5.97 Å². The summed E-state index contributed by atoms with van der Waals surface area (Å²) in [6.07, 6.45) is 7.93. The molecule has 2 atom stereocenters. The average Bonchev–Trinajstić information content (AvgIpc) is 2.39. The van der Waals surface area contributed by atoms with Gasteiger partial charge in [0.2, 0.25) is 0 Å². The summed E-state index contributed by atoms with van der Waals surface area (Å²) < 4.78 is 0. The Labute approximate surface area is 112 Å². The molecule has 0 bridgehead atoms. The predicted molar refractivity (Wildman–Crippen MR) is 73.1 cm³/mol. The maximum absolute atomic E-state index is 10.9. The van der Waals surface area contributed by atoms with Gasteiger partial charge in [0.05, 0.1) is 10.6 Å². The minimum absolute atomic E-state index is 0.329. The van der Waals surface area contributed by atoms with Crippen molar-refractivity contribution in [3.05, 3.63) is 23.9 Å². The SMILES string of the molecule is CCC1CCCC(Sc2cc(C(=O)O)ccn2)C1. The molecule has 0 spiro atoms. The molecule has 1 aromatic heterocycles. The molecule has 98 valence electrons. The molecule has 0 saturated heterocycles. The number of aromatic nitrogens is 1. The van der Waals surface area contributed by atoms with E-state index in [1.54, 1.807) is 30.1 Å². The van der Waals surface area contributed by atoms with E-state index < -0.39 is 5.97 Å². The standard InChI is InChI=1S/C14H19NO2S/c1-2-10-4-3-5-12(8-10)18-13-9-11(14(16)17)6-7-15-13/h6-7,9-10,12H,2-5,8H2,1H3,(H,16,17). The van der Waals surface area contributed by atoms with Crippen LogP contribution in [-0.2, 0) is 0 Å². The largest absolute Gasteiger partial charge is 0.478 e. The number of nitrogens with zero attached hydrogens (tertiary/aromatic N) is 1. The Hall–Kier alpha value is -1.03. The van der Waals surface area contributed by atoms with Crippen molar-refractivity contribution in [1.82, 2.24) is 4.98 Å². The van der Waals surface area contributed by atoms with Gasteiger partial charge < -0.3 is 5.11 Å². The topological polar surface area (TPSA) is 50.2 Å². The molecule has 18 heavy (non-hydrogen) atoms. The van der Waals surface area contributed by atoms with E-state index in [0.717, 1.165) is 10.9 Å². The lowest BCUT2D eigenvalue weighted by Crippen LogP contribution is -2.16. The summed E-state index contributed by atoms with van der Waals surface area (Å²) in [5.41, 5.74) is 0.329. The maximum Gasteiger partial charge on any atom is 0.335 e. The summed E-state index contributed by atoms with van der Waals surface area (Å²) in [5, 5.41) is 10.4. The summed E-state index contributed by atoms with van der Waals surface area (Å²) in [6.45, 7) is 2.25. The lowest BCUT2D eigenvalue weighted by molar-refractivity contribution is 0.0696. The van der Waals surface area contributed by atoms with Crippen molar-refractivity contribution in [3.8, 4) is 0 Å². The van der Waals surface area contributed by atoms with Gasteiger partial charge in [-0.3, -0.25) is 0 Å². The Balaban J connectivity index is 2.00. The first kappa shape index (κ1) is 13.4. The monoisotopic (exact) mass is 265 g/mol. The van der Waals surface area contributed by atoms with Crippen LogP contribution in [0, 0.1) is 5.92 Å². The molecule has 0 amide bonds. The van der Waals surface area contributed by atoms with Crippen molar-refractivity contribution in [2.75, 3.05) is 0 Å². The summed E-state index contributed by atoms with van der Waals surface area (Å²) >= 11 is 1.74. The highest BCUT2D eigenvalue weighted by atomic mass is 32.2. The molecule has 3 nitrogen and oxygen atoms in total. The van der Waals surface area contributed by atoms with Gasteiger partial charge in [0.1, 0.15) is 0 Å². The van der Waals surface area contributed by atoms with E-state index >= 15 is 0 Å². The summed E-state index contributed by atoms with van der Waals surface area (Å²) in [5.74, 6) is -0.0479. The predicted octanol–water partition coefficient (Wildman–Crippen LogP) is 3.84. The van der Waals surface area contributed by atoms with Crippen LogP contribution in [0.5, 0.6) is 0 Å². The van der Waals surface area contributed by atoms with E-state index in [1.807, 2.05) is 0 Å². The number of thioether (sulfide) groups is 1. The van der Waals surface area contributed by atoms with Gasteiger partial charge in [-0.25, -0.2) is 9.78 Å². The van der Waals surface area contributed by atoms with Gasteiger partial charge in [-0.1, -0.05) is 26.2 Å². The Kier molecular flexibility index (Phi) is 4.64. The Morgan fingerprint density at radius 1 is 1.56 bits per heavy atom. The van der Waals surface area contributed by atoms with Crippen molar-refractivity contribution < 1.29 is 9.90 Å². The lowest BCUT2D eigenvalue weighted by Gasteiger charge is -2.27. The molecule has 0 aromatic carbocycles. The lowest BCUT2D eigenvalue weighted by atomic mass is 9.87. The molecule has 4 heteroatoms. The van der Waals surface area contributed by atoms with Crippen LogP contribution >= 0.6 is 11.8 Å². The highest BCUT2D eigenvalue weighted by Crippen LogP contribution is 2.36. The Morgan fingerprint density at radius 3 is 3.11 bits per heavy atom. The number of carbonyl (C=O) groups is 1. The average molecular weight is 265 g/mol. The first-order valence-electron chi connectivity index (χ1n) is 6.55. The van der Waals surface area contributed by atoms with E-state index in [0.29, 0.717) is 10.8 Å². The van der Waals surface area contributed by atoms with Gasteiger partial charge in [0, 0.05) is 11.4 Å². The van der Waals surface area contributed by atoms with E-state index in [9.17, 15) is 4.79 Å². The van der Waals surface area contributed by atoms with E-state index in [2.05, 4.69) is 11.9 Å². The van der Waals surface area contributed by atoms with Crippen LogP contribution in [0.1, 0.15) is 49.4 Å². The van der Waals surface area contributed by atoms with Crippen molar-refractivity contribution in [2.45, 2.75) is 49.3 Å². The van der Waals surface area contributed by atoms with Gasteiger partial charge in [0.25, 0.3) is 0 Å². The first-order chi connectivity index (χ1) is 8.69. The summed E-state index contributed by atoms with van der Waals surface area (Å²) in [7, 11) is 0. The molecule has 1 heterocycles. The van der Waals surface area contributed by atoms with Gasteiger partial charge in [-0.05, 0) is 30.9 Å². The van der Waals surface area contributed by atoms with E-state index in [-0.39, 0.29) is 0 Å². The smallest absolute Gasteiger partial charge is 0.335 e. The first-order valence-corrected chi connectivity index (χ1v) is 7.43. The quantitative estimate of drug-likeness (QED) is 0.898. The number of rotatable bonds is 4. The second kappa shape index (κ2) is 6.23. The summed E-state index contributed by atoms with van der Waals surface area (Å²) in [4.78, 5) is 15.2. The van der Waals surface area contributed by atoms with E-state index in [1.165, 1.54) is 32.1 Å². The van der Waals surface area contributed by atoms with Crippen molar-refractivity contribution in [1.29, 1.82) is 0 Å². The third-order valence-corrected chi connectivity index (χ3v) is 4.81. The van der Waals surface area contributed by atoms with Crippen LogP contribution in [0.4, 0.5) is 0 Å². The Morgan fingerprint density at radius 2 is 2.39 bits per heavy atom. The van der Waals surface area contributed by atoms with Crippen molar-refractivity contribution in [3.63, 3.8) is 0 Å². The van der Waals surface area contributed by atoms with Gasteiger partial charge in [-0.15, -0.1) is 11.8 Å². The van der Waals surface area contributed by atoms with Crippen LogP contribution in [0.2, 0.25) is 0 Å². The summed E-state index contributed by atoms with van der Waals surface area (Å²) in [6, 6.07) is 3.23. The number of hydrogen-bond donors (Lipinski definition) is 1. The van der Waals surface area contributed by atoms with Crippen molar-refractivity contribution >= 4 is 17.7 Å². The second-order valence-electron chi connectivity index (χ2n) is 4.87. The molecular formula is C14H19NO2S. The van der Waals surface area contributed by atoms with E-state index in [4.69, 9.17) is 5.11 Å². The fourth-order valence-electron chi connectivity index (χ4n) is 2.50. The molecular weight excluding hydrogens is 246 g/mol. The zero-order valence-corrected chi connectivity index (χ0v) is 11.4. The van der Waals surface area contributed by atoms with Gasteiger partial charge in [-0.2, -0.15) is 0 Å². The number of hydrogen-bond acceptors (Lipinski definition) is 3. The van der Waals surface area contributed by atoms with Crippen LogP contribution in [0.15, 0.2) is 23.4 Å². The molecule has 2 rings (SSSR count). The minimum Gasteiger partial charge on any atom is -0.478 e. The van der Waals surface area contributed by atoms with Gasteiger partial charge in [0.15, 0.2) is 0 Å². The third kappa shape index (κ3) is 3.48. The number of carboxylic acid groups (broad SMARTS) is 1. The van der Waals surface area contributed by atoms with Crippen LogP contribution in [0.25, 0.3) is 0 Å². The molecule has 1 saturated carbocycles. The normalized spacial score (nSPS) is 23.8. The Bertz CT molecular complexity index is 422. The highest BCUT2D eigenvalue weighted by Gasteiger charge is 2.22. The fourth-order valence-corrected chi connectivity index (χ4v) is 3.81. The van der Waals surface area contributed by atoms with Crippen LogP contribution in [-0.4, -0.2) is 21.3 Å². The number of aromatic carboxylic acids is 1. The molecule has 1 fully saturated rings. The second-order valence-corrected chi connectivity index (χ2v) is 6.19.